The van der Waals surface area contributed by atoms with E-state index in [4.69, 9.17) is 0 Å². The predicted octanol–water partition coefficient (Wildman–Crippen LogP) is 0.757. The van der Waals surface area contributed by atoms with Crippen molar-refractivity contribution in [1.29, 1.82) is 0 Å². The third kappa shape index (κ3) is 7.11. The van der Waals surface area contributed by atoms with E-state index in [0.717, 1.165) is 35.8 Å². The molecule has 1 aliphatic rings. The Morgan fingerprint density at radius 3 is 2.53 bits per heavy atom. The molecular weight excluding hydrogens is 484 g/mol. The summed E-state index contributed by atoms with van der Waals surface area (Å²) in [5, 5.41) is 6.15. The number of alkyl halides is 3. The second-order valence-corrected chi connectivity index (χ2v) is 9.47. The summed E-state index contributed by atoms with van der Waals surface area (Å²) in [5.41, 5.74) is -0.554. The largest absolute Gasteiger partial charge is 1.00 e. The number of halogens is 3. The fraction of sp³-hybridized carbons (Fsp3) is 0.500. The molecule has 2 aromatic rings. The number of urea groups is 1. The molecule has 14 heteroatoms. The number of benzene rings is 1. The molecule has 0 aliphatic carbocycles. The monoisotopic (exact) mass is 510 g/mol. The van der Waals surface area contributed by atoms with Gasteiger partial charge in [0.1, 0.15) is 0 Å². The minimum Gasteiger partial charge on any atom is -0.424 e. The van der Waals surface area contributed by atoms with Crippen LogP contribution in [0.5, 0.6) is 0 Å². The number of likely N-dealkylation sites (N-methyl/N-ethyl adjacent to an activating group) is 1. The van der Waals surface area contributed by atoms with Crippen molar-refractivity contribution in [3.8, 4) is 0 Å². The number of aromatic nitrogens is 2. The molecule has 2 amide bonds. The van der Waals surface area contributed by atoms with Gasteiger partial charge in [0.05, 0.1) is 17.4 Å². The first-order chi connectivity index (χ1) is 15.4. The molecule has 34 heavy (non-hydrogen) atoms. The zero-order valence-electron chi connectivity index (χ0n) is 19.5. The minimum absolute atomic E-state index is 0. The average molecular weight is 511 g/mol. The molecule has 0 spiro atoms. The fourth-order valence-electron chi connectivity index (χ4n) is 3.70. The Balaban J connectivity index is 0.00000408. The molecule has 1 fully saturated rings. The fourth-order valence-corrected chi connectivity index (χ4v) is 4.78. The van der Waals surface area contributed by atoms with Crippen LogP contribution in [-0.2, 0) is 29.9 Å². The van der Waals surface area contributed by atoms with Gasteiger partial charge in [0.25, 0.3) is 10.2 Å². The van der Waals surface area contributed by atoms with E-state index >= 15 is 0 Å². The molecule has 0 radical (unpaired) electrons. The third-order valence-corrected chi connectivity index (χ3v) is 6.80. The second-order valence-electron chi connectivity index (χ2n) is 7.95. The van der Waals surface area contributed by atoms with E-state index < -0.39 is 28.0 Å². The average Bonchev–Trinajstić information content (AvgIpc) is 3.32. The van der Waals surface area contributed by atoms with Gasteiger partial charge in [0, 0.05) is 25.8 Å². The van der Waals surface area contributed by atoms with E-state index in [-0.39, 0.29) is 53.5 Å². The maximum Gasteiger partial charge on any atom is 1.00 e. The maximum absolute atomic E-state index is 13.2. The predicted molar refractivity (Wildman–Crippen MR) is 118 cm³/mol. The Morgan fingerprint density at radius 1 is 1.29 bits per heavy atom. The Morgan fingerprint density at radius 2 is 2.00 bits per heavy atom. The molecule has 1 aromatic carbocycles. The molecule has 3 rings (SSSR count). The van der Waals surface area contributed by atoms with Crippen molar-refractivity contribution in [3.63, 3.8) is 0 Å². The summed E-state index contributed by atoms with van der Waals surface area (Å²) in [6, 6.07) is 1.71. The van der Waals surface area contributed by atoms with Crippen molar-refractivity contribution in [2.24, 2.45) is 7.05 Å². The van der Waals surface area contributed by atoms with E-state index in [1.54, 1.807) is 14.0 Å². The van der Waals surface area contributed by atoms with Gasteiger partial charge in [0.15, 0.2) is 6.03 Å². The number of nitrogens with one attached hydrogen (secondary N) is 1. The number of rotatable bonds is 7. The van der Waals surface area contributed by atoms with Crippen molar-refractivity contribution < 1.29 is 55.9 Å². The Bertz CT molecular complexity index is 1110. The van der Waals surface area contributed by atoms with Crippen molar-refractivity contribution in [3.05, 3.63) is 46.4 Å². The standard InChI is InChI=1S/C20H27F3N6O3S.Na/c1-4-14-8-15(20(21,22)23)10-16(9-14)25-19(30)26-33(31,32)29(18-11-24-28(3)12-18)13-17-6-5-7-27(17)2;/h8-12,17H,4-7,13H2,1-3H3,(H2,25,26,30);/q;+1/p-1/t17-;/m0./s1. The van der Waals surface area contributed by atoms with Gasteiger partial charge in [-0.05, 0) is 56.2 Å². The summed E-state index contributed by atoms with van der Waals surface area (Å²) >= 11 is 0. The minimum atomic E-state index is -4.61. The number of carbonyl (C=O) groups excluding carboxylic acids is 1. The van der Waals surface area contributed by atoms with Gasteiger partial charge in [-0.15, -0.1) is 0 Å². The van der Waals surface area contributed by atoms with Gasteiger partial charge in [-0.1, -0.05) is 13.0 Å². The molecule has 0 unspecified atom stereocenters. The molecular formula is C20H26F3N6NaO3S. The SMILES string of the molecule is CCc1cc(NC(=O)[N-]S(=O)(=O)N(C[C@@H]2CCCN2C)c2cnn(C)c2)cc(C(F)(F)F)c1.[Na+]. The molecule has 1 N–H and O–H groups in total. The van der Waals surface area contributed by atoms with E-state index in [9.17, 15) is 26.4 Å². The zero-order chi connectivity index (χ0) is 24.4. The van der Waals surface area contributed by atoms with Gasteiger partial charge in [-0.25, -0.2) is 8.42 Å². The Hall–Kier alpha value is -1.80. The Labute approximate surface area is 219 Å². The molecule has 1 aromatic heterocycles. The first-order valence-electron chi connectivity index (χ1n) is 10.4. The summed E-state index contributed by atoms with van der Waals surface area (Å²) < 4.78 is 71.3. The van der Waals surface area contributed by atoms with Crippen LogP contribution in [0.2, 0.25) is 0 Å². The molecule has 9 nitrogen and oxygen atoms in total. The maximum atomic E-state index is 13.2. The summed E-state index contributed by atoms with van der Waals surface area (Å²) in [6.07, 6.45) is 0.207. The van der Waals surface area contributed by atoms with Crippen LogP contribution in [0.15, 0.2) is 30.6 Å². The second kappa shape index (κ2) is 11.3. The molecule has 2 heterocycles. The van der Waals surface area contributed by atoms with Gasteiger partial charge in [0.2, 0.25) is 0 Å². The summed E-state index contributed by atoms with van der Waals surface area (Å²) in [6.45, 7) is 2.55. The van der Waals surface area contributed by atoms with Crippen LogP contribution >= 0.6 is 0 Å². The van der Waals surface area contributed by atoms with E-state index in [2.05, 4.69) is 15.1 Å². The van der Waals surface area contributed by atoms with Gasteiger partial charge < -0.3 is 14.9 Å². The number of carbonyl (C=O) groups is 1. The van der Waals surface area contributed by atoms with Crippen LogP contribution in [0.3, 0.4) is 0 Å². The molecule has 0 saturated carbocycles. The van der Waals surface area contributed by atoms with E-state index in [1.807, 2.05) is 11.9 Å². The topological polar surface area (TPSA) is 102 Å². The molecule has 1 atom stereocenters. The zero-order valence-corrected chi connectivity index (χ0v) is 22.3. The number of hydrogen-bond donors (Lipinski definition) is 1. The van der Waals surface area contributed by atoms with Crippen LogP contribution in [0, 0.1) is 0 Å². The quantitative estimate of drug-likeness (QED) is 0.555. The van der Waals surface area contributed by atoms with Crippen molar-refractivity contribution in [2.45, 2.75) is 38.4 Å². The summed E-state index contributed by atoms with van der Waals surface area (Å²) in [4.78, 5) is 14.5. The van der Waals surface area contributed by atoms with Crippen LogP contribution in [0.25, 0.3) is 4.72 Å². The van der Waals surface area contributed by atoms with Gasteiger partial charge in [-0.3, -0.25) is 13.8 Å². The van der Waals surface area contributed by atoms with Crippen LogP contribution in [-0.4, -0.2) is 55.3 Å². The van der Waals surface area contributed by atoms with Gasteiger partial charge in [-0.2, -0.15) is 18.3 Å². The van der Waals surface area contributed by atoms with Crippen LogP contribution in [0.1, 0.15) is 30.9 Å². The number of likely N-dealkylation sites (tertiary alicyclic amines) is 1. The Kier molecular flexibility index (Phi) is 9.44. The van der Waals surface area contributed by atoms with Crippen molar-refractivity contribution >= 4 is 27.6 Å². The first kappa shape index (κ1) is 28.4. The summed E-state index contributed by atoms with van der Waals surface area (Å²) in [7, 11) is -0.995. The van der Waals surface area contributed by atoms with E-state index in [0.29, 0.717) is 12.0 Å². The third-order valence-electron chi connectivity index (χ3n) is 5.48. The normalized spacial score (nSPS) is 16.7. The van der Waals surface area contributed by atoms with Crippen molar-refractivity contribution in [1.82, 2.24) is 14.7 Å². The smallest absolute Gasteiger partial charge is 0.424 e. The van der Waals surface area contributed by atoms with Crippen molar-refractivity contribution in [2.75, 3.05) is 29.8 Å². The summed E-state index contributed by atoms with van der Waals surface area (Å²) in [5.74, 6) is 0. The molecule has 1 aliphatic heterocycles. The first-order valence-corrected chi connectivity index (χ1v) is 11.8. The molecule has 1 saturated heterocycles. The van der Waals surface area contributed by atoms with Gasteiger partial charge >= 0.3 is 35.7 Å². The number of hydrogen-bond acceptors (Lipinski definition) is 5. The number of anilines is 2. The number of aryl methyl sites for hydroxylation is 2. The van der Waals surface area contributed by atoms with E-state index in [1.165, 1.54) is 23.1 Å². The molecule has 0 bridgehead atoms. The number of nitrogens with zero attached hydrogens (tertiary/aromatic N) is 5. The van der Waals surface area contributed by atoms with Crippen LogP contribution < -0.4 is 39.2 Å². The molecule has 182 valence electrons. The van der Waals surface area contributed by atoms with Crippen LogP contribution in [0.4, 0.5) is 29.3 Å². The number of amides is 2.